The van der Waals surface area contributed by atoms with E-state index in [-0.39, 0.29) is 0 Å². The van der Waals surface area contributed by atoms with E-state index < -0.39 is 0 Å². The molecule has 1 aliphatic carbocycles. The molecule has 1 atom stereocenters. The number of nitrogens with zero attached hydrogens (tertiary/aromatic N) is 1. The van der Waals surface area contributed by atoms with Gasteiger partial charge in [0, 0.05) is 23.2 Å². The molecule has 1 aliphatic heterocycles. The first-order chi connectivity index (χ1) is 10.3. The lowest BCUT2D eigenvalue weighted by Gasteiger charge is -2.16. The van der Waals surface area contributed by atoms with Gasteiger partial charge in [0.1, 0.15) is 5.01 Å². The molecular formula is C16H18N2O2S. The van der Waals surface area contributed by atoms with Crippen LogP contribution in [0.5, 0.6) is 11.5 Å². The van der Waals surface area contributed by atoms with Gasteiger partial charge in [-0.25, -0.2) is 4.98 Å². The molecular weight excluding hydrogens is 284 g/mol. The standard InChI is InChI=1S/C16H18N2O2S/c1-10-8-21-16(18-10)14(11-5-6-11)17-7-12-3-2-4-13-15(12)20-9-19-13/h2-4,8,11,14,17H,5-7,9H2,1H3/t14-/m0/s1. The van der Waals surface area contributed by atoms with E-state index in [1.54, 1.807) is 11.3 Å². The molecule has 4 rings (SSSR count). The molecule has 5 heteroatoms. The smallest absolute Gasteiger partial charge is 0.231 e. The fourth-order valence-electron chi connectivity index (χ4n) is 2.75. The molecule has 2 heterocycles. The number of para-hydroxylation sites is 1. The van der Waals surface area contributed by atoms with Crippen molar-refractivity contribution in [2.45, 2.75) is 32.4 Å². The van der Waals surface area contributed by atoms with Crippen LogP contribution in [0.25, 0.3) is 0 Å². The van der Waals surface area contributed by atoms with Crippen LogP contribution in [-0.4, -0.2) is 11.8 Å². The van der Waals surface area contributed by atoms with Gasteiger partial charge in [0.25, 0.3) is 0 Å². The molecule has 0 amide bonds. The Kier molecular flexibility index (Phi) is 3.31. The fraction of sp³-hybridized carbons (Fsp3) is 0.438. The van der Waals surface area contributed by atoms with Crippen LogP contribution in [0.1, 0.15) is 35.1 Å². The van der Waals surface area contributed by atoms with E-state index in [0.29, 0.717) is 12.8 Å². The summed E-state index contributed by atoms with van der Waals surface area (Å²) in [5.41, 5.74) is 2.27. The largest absolute Gasteiger partial charge is 0.454 e. The molecule has 0 bridgehead atoms. The van der Waals surface area contributed by atoms with Gasteiger partial charge in [-0.1, -0.05) is 12.1 Å². The van der Waals surface area contributed by atoms with Crippen LogP contribution in [0.3, 0.4) is 0 Å². The molecule has 0 unspecified atom stereocenters. The third kappa shape index (κ3) is 2.63. The SMILES string of the molecule is Cc1csc([C@@H](NCc2cccc3c2OCO3)C2CC2)n1. The highest BCUT2D eigenvalue weighted by molar-refractivity contribution is 7.09. The Hall–Kier alpha value is -1.59. The van der Waals surface area contributed by atoms with Crippen molar-refractivity contribution in [3.8, 4) is 11.5 Å². The van der Waals surface area contributed by atoms with Crippen LogP contribution in [0.15, 0.2) is 23.6 Å². The molecule has 1 N–H and O–H groups in total. The third-order valence-electron chi connectivity index (χ3n) is 3.99. The van der Waals surface area contributed by atoms with Crippen LogP contribution in [-0.2, 0) is 6.54 Å². The highest BCUT2D eigenvalue weighted by atomic mass is 32.1. The van der Waals surface area contributed by atoms with E-state index >= 15 is 0 Å². The maximum Gasteiger partial charge on any atom is 0.231 e. The van der Waals surface area contributed by atoms with Gasteiger partial charge in [-0.15, -0.1) is 11.3 Å². The number of rotatable bonds is 5. The van der Waals surface area contributed by atoms with Gasteiger partial charge < -0.3 is 14.8 Å². The molecule has 0 radical (unpaired) electrons. The molecule has 21 heavy (non-hydrogen) atoms. The van der Waals surface area contributed by atoms with Gasteiger partial charge >= 0.3 is 0 Å². The van der Waals surface area contributed by atoms with Crippen molar-refractivity contribution in [3.05, 3.63) is 39.8 Å². The fourth-order valence-corrected chi connectivity index (χ4v) is 3.71. The molecule has 110 valence electrons. The lowest BCUT2D eigenvalue weighted by Crippen LogP contribution is -2.22. The number of nitrogens with one attached hydrogen (secondary N) is 1. The van der Waals surface area contributed by atoms with Crippen molar-refractivity contribution in [1.82, 2.24) is 10.3 Å². The Balaban J connectivity index is 1.51. The summed E-state index contributed by atoms with van der Waals surface area (Å²) in [6, 6.07) is 6.43. The second-order valence-corrected chi connectivity index (χ2v) is 6.56. The summed E-state index contributed by atoms with van der Waals surface area (Å²) in [6.45, 7) is 3.16. The average Bonchev–Trinajstić information content (AvgIpc) is 3.04. The monoisotopic (exact) mass is 302 g/mol. The van der Waals surface area contributed by atoms with Gasteiger partial charge in [0.2, 0.25) is 6.79 Å². The normalized spacial score (nSPS) is 18.0. The van der Waals surface area contributed by atoms with Crippen molar-refractivity contribution in [3.63, 3.8) is 0 Å². The molecule has 0 spiro atoms. The summed E-state index contributed by atoms with van der Waals surface area (Å²) >= 11 is 1.76. The second-order valence-electron chi connectivity index (χ2n) is 5.67. The Morgan fingerprint density at radius 2 is 2.29 bits per heavy atom. The molecule has 2 aliphatic rings. The maximum absolute atomic E-state index is 5.57. The molecule has 4 nitrogen and oxygen atoms in total. The van der Waals surface area contributed by atoms with Crippen molar-refractivity contribution >= 4 is 11.3 Å². The third-order valence-corrected chi connectivity index (χ3v) is 5.03. The van der Waals surface area contributed by atoms with Crippen LogP contribution >= 0.6 is 11.3 Å². The summed E-state index contributed by atoms with van der Waals surface area (Å²) < 4.78 is 11.0. The molecule has 1 saturated carbocycles. The van der Waals surface area contributed by atoms with Crippen molar-refractivity contribution in [2.75, 3.05) is 6.79 Å². The number of ether oxygens (including phenoxy) is 2. The molecule has 1 fully saturated rings. The van der Waals surface area contributed by atoms with Gasteiger partial charge in [-0.2, -0.15) is 0 Å². The number of aryl methyl sites for hydroxylation is 1. The van der Waals surface area contributed by atoms with Crippen LogP contribution in [0, 0.1) is 12.8 Å². The van der Waals surface area contributed by atoms with Gasteiger partial charge in [0.15, 0.2) is 11.5 Å². The number of benzene rings is 1. The highest BCUT2D eigenvalue weighted by Crippen LogP contribution is 2.42. The number of hydrogen-bond acceptors (Lipinski definition) is 5. The maximum atomic E-state index is 5.57. The molecule has 1 aromatic heterocycles. The van der Waals surface area contributed by atoms with Crippen molar-refractivity contribution < 1.29 is 9.47 Å². The lowest BCUT2D eigenvalue weighted by molar-refractivity contribution is 0.173. The Bertz CT molecular complexity index is 651. The van der Waals surface area contributed by atoms with E-state index in [4.69, 9.17) is 9.47 Å². The van der Waals surface area contributed by atoms with Gasteiger partial charge in [-0.05, 0) is 31.7 Å². The van der Waals surface area contributed by atoms with Gasteiger partial charge in [-0.3, -0.25) is 0 Å². The van der Waals surface area contributed by atoms with E-state index in [9.17, 15) is 0 Å². The predicted molar refractivity (Wildman–Crippen MR) is 81.7 cm³/mol. The van der Waals surface area contributed by atoms with E-state index in [0.717, 1.165) is 35.2 Å². The summed E-state index contributed by atoms with van der Waals surface area (Å²) in [5.74, 6) is 2.46. The predicted octanol–water partition coefficient (Wildman–Crippen LogP) is 3.42. The molecule has 0 saturated heterocycles. The average molecular weight is 302 g/mol. The number of thiazole rings is 1. The number of aromatic nitrogens is 1. The van der Waals surface area contributed by atoms with E-state index in [1.165, 1.54) is 17.8 Å². The minimum absolute atomic E-state index is 0.323. The van der Waals surface area contributed by atoms with E-state index in [1.807, 2.05) is 12.1 Å². The summed E-state index contributed by atoms with van der Waals surface area (Å²) in [4.78, 5) is 4.66. The summed E-state index contributed by atoms with van der Waals surface area (Å²) in [6.07, 6.45) is 2.59. The first-order valence-electron chi connectivity index (χ1n) is 7.34. The van der Waals surface area contributed by atoms with Gasteiger partial charge in [0.05, 0.1) is 6.04 Å². The van der Waals surface area contributed by atoms with Crippen molar-refractivity contribution in [2.24, 2.45) is 5.92 Å². The lowest BCUT2D eigenvalue weighted by atomic mass is 10.1. The molecule has 1 aromatic carbocycles. The zero-order valence-corrected chi connectivity index (χ0v) is 12.8. The van der Waals surface area contributed by atoms with Crippen LogP contribution in [0.2, 0.25) is 0 Å². The Labute approximate surface area is 128 Å². The van der Waals surface area contributed by atoms with Crippen LogP contribution < -0.4 is 14.8 Å². The topological polar surface area (TPSA) is 43.4 Å². The summed E-state index contributed by atoms with van der Waals surface area (Å²) in [7, 11) is 0. The minimum atomic E-state index is 0.323. The second kappa shape index (κ2) is 5.31. The van der Waals surface area contributed by atoms with E-state index in [2.05, 4.69) is 28.7 Å². The van der Waals surface area contributed by atoms with Crippen molar-refractivity contribution in [1.29, 1.82) is 0 Å². The number of fused-ring (bicyclic) bond motifs is 1. The Morgan fingerprint density at radius 3 is 3.05 bits per heavy atom. The Morgan fingerprint density at radius 1 is 1.38 bits per heavy atom. The first kappa shape index (κ1) is 13.1. The number of hydrogen-bond donors (Lipinski definition) is 1. The zero-order chi connectivity index (χ0) is 14.2. The first-order valence-corrected chi connectivity index (χ1v) is 8.22. The zero-order valence-electron chi connectivity index (χ0n) is 12.0. The minimum Gasteiger partial charge on any atom is -0.454 e. The van der Waals surface area contributed by atoms with Crippen LogP contribution in [0.4, 0.5) is 0 Å². The molecule has 2 aromatic rings. The summed E-state index contributed by atoms with van der Waals surface area (Å²) in [5, 5.41) is 7.01. The quantitative estimate of drug-likeness (QED) is 0.919. The highest BCUT2D eigenvalue weighted by Gasteiger charge is 2.34.